The Morgan fingerprint density at radius 3 is 2.63 bits per heavy atom. The predicted molar refractivity (Wildman–Crippen MR) is 172 cm³/mol. The van der Waals surface area contributed by atoms with E-state index in [1.54, 1.807) is 25.1 Å². The summed E-state index contributed by atoms with van der Waals surface area (Å²) in [6.45, 7) is 8.13. The molecule has 1 amide bonds. The third-order valence-corrected chi connectivity index (χ3v) is 10.6. The summed E-state index contributed by atoms with van der Waals surface area (Å²) in [7, 11) is -3.67. The maximum absolute atomic E-state index is 13.5. The smallest absolute Gasteiger partial charge is 0.251 e. The number of anilines is 1. The molecule has 1 fully saturated rings. The summed E-state index contributed by atoms with van der Waals surface area (Å²) in [5, 5.41) is 11.6. The number of halogens is 1. The molecule has 1 saturated heterocycles. The van der Waals surface area contributed by atoms with E-state index in [1.165, 1.54) is 6.07 Å². The molecule has 228 valence electrons. The van der Waals surface area contributed by atoms with Crippen molar-refractivity contribution in [3.63, 3.8) is 0 Å². The zero-order valence-corrected chi connectivity index (χ0v) is 27.2. The molecule has 1 aliphatic rings. The Morgan fingerprint density at radius 2 is 1.91 bits per heavy atom. The van der Waals surface area contributed by atoms with Gasteiger partial charge in [0.15, 0.2) is 15.5 Å². The topological polar surface area (TPSA) is 115 Å². The Kier molecular flexibility index (Phi) is 9.83. The number of benzene rings is 2. The molecule has 3 heterocycles. The fourth-order valence-electron chi connectivity index (χ4n) is 5.52. The second kappa shape index (κ2) is 13.6. The van der Waals surface area contributed by atoms with Crippen LogP contribution in [0.3, 0.4) is 0 Å². The minimum absolute atomic E-state index is 0.133. The number of aryl methyl sites for hydroxylation is 2. The first-order valence-electron chi connectivity index (χ1n) is 14.8. The number of rotatable bonds is 11. The molecule has 9 nitrogen and oxygen atoms in total. The van der Waals surface area contributed by atoms with Crippen molar-refractivity contribution in [3.05, 3.63) is 81.6 Å². The van der Waals surface area contributed by atoms with Crippen LogP contribution in [-0.2, 0) is 40.5 Å². The Morgan fingerprint density at radius 1 is 1.14 bits per heavy atom. The molecule has 43 heavy (non-hydrogen) atoms. The number of nitrogens with one attached hydrogen (secondary N) is 2. The summed E-state index contributed by atoms with van der Waals surface area (Å²) in [6, 6.07) is 14.2. The van der Waals surface area contributed by atoms with Gasteiger partial charge in [-0.3, -0.25) is 4.79 Å². The van der Waals surface area contributed by atoms with Gasteiger partial charge in [0.2, 0.25) is 0 Å². The number of ether oxygens (including phenoxy) is 1. The average Bonchev–Trinajstić information content (AvgIpc) is 3.43. The lowest BCUT2D eigenvalue weighted by Crippen LogP contribution is -2.30. The lowest BCUT2D eigenvalue weighted by molar-refractivity contribution is 0.0904. The van der Waals surface area contributed by atoms with Crippen LogP contribution >= 0.6 is 15.9 Å². The summed E-state index contributed by atoms with van der Waals surface area (Å²) in [5.74, 6) is -0.347. The molecule has 0 saturated carbocycles. The van der Waals surface area contributed by atoms with Gasteiger partial charge in [-0.15, -0.1) is 0 Å². The molecule has 0 bridgehead atoms. The maximum Gasteiger partial charge on any atom is 0.251 e. The van der Waals surface area contributed by atoms with E-state index in [4.69, 9.17) is 9.72 Å². The van der Waals surface area contributed by atoms with Gasteiger partial charge in [0.25, 0.3) is 5.91 Å². The van der Waals surface area contributed by atoms with E-state index < -0.39 is 15.1 Å². The van der Waals surface area contributed by atoms with Crippen LogP contribution in [0.25, 0.3) is 11.0 Å². The molecule has 2 N–H and O–H groups in total. The van der Waals surface area contributed by atoms with Crippen molar-refractivity contribution in [1.29, 1.82) is 0 Å². The van der Waals surface area contributed by atoms with Crippen LogP contribution < -0.4 is 10.6 Å². The standard InChI is InChI=1S/C32H38BrN5O4S/c1-4-29-27(30(36-25-12-14-42-15-13-25)28-20-35-38(5-2)31(28)37-29)19-34-32(39)23-9-7-11-26(18-23)43(40,41)21(3)16-22-8-6-10-24(33)17-22/h6-11,17-18,20-21,25H,4-5,12-16,19H2,1-3H3,(H,34,39)(H,36,37). The largest absolute Gasteiger partial charge is 0.381 e. The van der Waals surface area contributed by atoms with Gasteiger partial charge in [-0.05, 0) is 75.4 Å². The Bertz CT molecular complexity index is 1720. The highest BCUT2D eigenvalue weighted by Gasteiger charge is 2.26. The zero-order valence-electron chi connectivity index (χ0n) is 24.8. The van der Waals surface area contributed by atoms with Crippen molar-refractivity contribution in [1.82, 2.24) is 20.1 Å². The van der Waals surface area contributed by atoms with Gasteiger partial charge in [0, 0.05) is 53.6 Å². The summed E-state index contributed by atoms with van der Waals surface area (Å²) in [6.07, 6.45) is 4.66. The number of fused-ring (bicyclic) bond motifs is 1. The van der Waals surface area contributed by atoms with Crippen molar-refractivity contribution < 1.29 is 17.9 Å². The van der Waals surface area contributed by atoms with E-state index in [0.717, 1.165) is 50.9 Å². The summed E-state index contributed by atoms with van der Waals surface area (Å²) in [4.78, 5) is 18.5. The highest BCUT2D eigenvalue weighted by Crippen LogP contribution is 2.31. The Labute approximate surface area is 261 Å². The number of hydrogen-bond donors (Lipinski definition) is 2. The molecule has 1 unspecified atom stereocenters. The highest BCUT2D eigenvalue weighted by molar-refractivity contribution is 9.10. The van der Waals surface area contributed by atoms with Gasteiger partial charge < -0.3 is 15.4 Å². The van der Waals surface area contributed by atoms with Gasteiger partial charge >= 0.3 is 0 Å². The summed E-state index contributed by atoms with van der Waals surface area (Å²) < 4.78 is 35.3. The first-order chi connectivity index (χ1) is 20.7. The lowest BCUT2D eigenvalue weighted by Gasteiger charge is -2.26. The molecule has 4 aromatic rings. The first-order valence-corrected chi connectivity index (χ1v) is 17.1. The van der Waals surface area contributed by atoms with Crippen LogP contribution in [0.4, 0.5) is 5.69 Å². The number of nitrogens with zero attached hydrogens (tertiary/aromatic N) is 3. The molecule has 1 atom stereocenters. The van der Waals surface area contributed by atoms with Crippen LogP contribution in [-0.4, -0.2) is 53.6 Å². The van der Waals surface area contributed by atoms with Crippen LogP contribution in [0.5, 0.6) is 0 Å². The predicted octanol–water partition coefficient (Wildman–Crippen LogP) is 5.70. The number of sulfone groups is 1. The number of hydrogen-bond acceptors (Lipinski definition) is 7. The fourth-order valence-corrected chi connectivity index (χ4v) is 7.41. The van der Waals surface area contributed by atoms with Crippen LogP contribution in [0, 0.1) is 0 Å². The van der Waals surface area contributed by atoms with E-state index >= 15 is 0 Å². The van der Waals surface area contributed by atoms with E-state index in [1.807, 2.05) is 49.0 Å². The van der Waals surface area contributed by atoms with Crippen molar-refractivity contribution in [3.8, 4) is 0 Å². The van der Waals surface area contributed by atoms with Crippen LogP contribution in [0.2, 0.25) is 0 Å². The Balaban J connectivity index is 1.39. The van der Waals surface area contributed by atoms with Crippen molar-refractivity contribution in [2.45, 2.75) is 75.7 Å². The maximum atomic E-state index is 13.5. The molecule has 0 aliphatic carbocycles. The number of aromatic nitrogens is 3. The van der Waals surface area contributed by atoms with E-state index in [-0.39, 0.29) is 23.4 Å². The van der Waals surface area contributed by atoms with Crippen molar-refractivity contribution >= 4 is 48.4 Å². The van der Waals surface area contributed by atoms with Gasteiger partial charge in [-0.2, -0.15) is 5.10 Å². The molecule has 11 heteroatoms. The third-order valence-electron chi connectivity index (χ3n) is 7.97. The van der Waals surface area contributed by atoms with E-state index in [2.05, 4.69) is 31.7 Å². The molecule has 5 rings (SSSR count). The number of carbonyl (C=O) groups is 1. The molecule has 0 radical (unpaired) electrons. The number of pyridine rings is 1. The fraction of sp³-hybridized carbons (Fsp3) is 0.406. The molecule has 2 aromatic heterocycles. The SMILES string of the molecule is CCc1nc2c(cnn2CC)c(NC2CCOCC2)c1CNC(=O)c1cccc(S(=O)(=O)C(C)Cc2cccc(Br)c2)c1. The van der Waals surface area contributed by atoms with Crippen LogP contribution in [0.15, 0.2) is 64.1 Å². The minimum Gasteiger partial charge on any atom is -0.381 e. The first kappa shape index (κ1) is 31.2. The minimum atomic E-state index is -3.67. The van der Waals surface area contributed by atoms with Gasteiger partial charge in [-0.1, -0.05) is 41.1 Å². The number of amides is 1. The number of carbonyl (C=O) groups excluding carboxylic acids is 1. The third kappa shape index (κ3) is 6.94. The summed E-state index contributed by atoms with van der Waals surface area (Å²) in [5.41, 5.74) is 4.77. The summed E-state index contributed by atoms with van der Waals surface area (Å²) >= 11 is 3.45. The molecule has 0 spiro atoms. The molecular formula is C32H38BrN5O4S. The quantitative estimate of drug-likeness (QED) is 0.211. The second-order valence-electron chi connectivity index (χ2n) is 10.9. The normalized spacial score (nSPS) is 15.0. The Hall–Kier alpha value is -3.28. The van der Waals surface area contributed by atoms with Crippen molar-refractivity contribution in [2.24, 2.45) is 0 Å². The van der Waals surface area contributed by atoms with E-state index in [0.29, 0.717) is 38.2 Å². The van der Waals surface area contributed by atoms with Crippen molar-refractivity contribution in [2.75, 3.05) is 18.5 Å². The van der Waals surface area contributed by atoms with Gasteiger partial charge in [0.05, 0.1) is 27.4 Å². The molecule has 1 aliphatic heterocycles. The van der Waals surface area contributed by atoms with Gasteiger partial charge in [-0.25, -0.2) is 18.1 Å². The van der Waals surface area contributed by atoms with E-state index in [9.17, 15) is 13.2 Å². The molecular weight excluding hydrogens is 630 g/mol. The average molecular weight is 669 g/mol. The van der Waals surface area contributed by atoms with Gasteiger partial charge in [0.1, 0.15) is 0 Å². The highest BCUT2D eigenvalue weighted by atomic mass is 79.9. The molecule has 2 aromatic carbocycles. The zero-order chi connectivity index (χ0) is 30.6. The van der Waals surface area contributed by atoms with Crippen LogP contribution in [0.1, 0.15) is 60.8 Å². The monoisotopic (exact) mass is 667 g/mol. The lowest BCUT2D eigenvalue weighted by atomic mass is 10.0. The second-order valence-corrected chi connectivity index (χ2v) is 14.2.